The Bertz CT molecular complexity index is 419. The standard InChI is InChI=1S/C5H6ClN3O3S/c1-12-5-8-2-3(6)4(9-5)13(7,10)11/h2H,1H3,(H2,7,10,11). The van der Waals surface area contributed by atoms with E-state index in [0.717, 1.165) is 6.20 Å². The lowest BCUT2D eigenvalue weighted by molar-refractivity contribution is 0.375. The summed E-state index contributed by atoms with van der Waals surface area (Å²) >= 11 is 5.50. The molecule has 0 saturated heterocycles. The van der Waals surface area contributed by atoms with Gasteiger partial charge in [0.25, 0.3) is 10.0 Å². The van der Waals surface area contributed by atoms with E-state index in [2.05, 4.69) is 14.7 Å². The second-order valence-electron chi connectivity index (χ2n) is 2.05. The fourth-order valence-electron chi connectivity index (χ4n) is 0.634. The van der Waals surface area contributed by atoms with Crippen molar-refractivity contribution in [3.8, 4) is 6.01 Å². The SMILES string of the molecule is COc1ncc(Cl)c(S(N)(=O)=O)n1. The van der Waals surface area contributed by atoms with E-state index in [1.165, 1.54) is 7.11 Å². The van der Waals surface area contributed by atoms with E-state index in [-0.39, 0.29) is 11.0 Å². The molecular formula is C5H6ClN3O3S. The first-order valence-corrected chi connectivity index (χ1v) is 4.97. The van der Waals surface area contributed by atoms with Crippen molar-refractivity contribution < 1.29 is 13.2 Å². The van der Waals surface area contributed by atoms with Crippen molar-refractivity contribution >= 4 is 21.6 Å². The molecule has 1 heterocycles. The van der Waals surface area contributed by atoms with Gasteiger partial charge in [0.2, 0.25) is 0 Å². The molecule has 8 heteroatoms. The van der Waals surface area contributed by atoms with Gasteiger partial charge in [0.15, 0.2) is 5.03 Å². The Kier molecular flexibility index (Phi) is 2.69. The second-order valence-corrected chi connectivity index (χ2v) is 3.94. The maximum absolute atomic E-state index is 10.9. The van der Waals surface area contributed by atoms with Crippen molar-refractivity contribution in [3.05, 3.63) is 11.2 Å². The van der Waals surface area contributed by atoms with Crippen molar-refractivity contribution in [2.45, 2.75) is 5.03 Å². The minimum absolute atomic E-state index is 0.103. The topological polar surface area (TPSA) is 95.2 Å². The molecule has 1 aromatic heterocycles. The molecule has 0 radical (unpaired) electrons. The molecule has 0 aliphatic rings. The quantitative estimate of drug-likeness (QED) is 0.700. The summed E-state index contributed by atoms with van der Waals surface area (Å²) in [7, 11) is -2.63. The Balaban J connectivity index is 3.36. The van der Waals surface area contributed by atoms with E-state index >= 15 is 0 Å². The summed E-state index contributed by atoms with van der Waals surface area (Å²) in [5, 5.41) is 4.24. The first kappa shape index (κ1) is 10.2. The van der Waals surface area contributed by atoms with Crippen LogP contribution in [0.4, 0.5) is 0 Å². The minimum atomic E-state index is -3.93. The maximum Gasteiger partial charge on any atom is 0.317 e. The predicted molar refractivity (Wildman–Crippen MR) is 45.0 cm³/mol. The summed E-state index contributed by atoms with van der Waals surface area (Å²) in [6.07, 6.45) is 1.10. The number of nitrogens with two attached hydrogens (primary N) is 1. The number of primary sulfonamides is 1. The van der Waals surface area contributed by atoms with Gasteiger partial charge in [-0.15, -0.1) is 0 Å². The lowest BCUT2D eigenvalue weighted by Gasteiger charge is -2.01. The van der Waals surface area contributed by atoms with Crippen molar-refractivity contribution in [1.82, 2.24) is 9.97 Å². The van der Waals surface area contributed by atoms with Crippen LogP contribution in [0.3, 0.4) is 0 Å². The van der Waals surface area contributed by atoms with Crippen LogP contribution >= 0.6 is 11.6 Å². The van der Waals surface area contributed by atoms with Gasteiger partial charge in [0.05, 0.1) is 18.3 Å². The van der Waals surface area contributed by atoms with Crippen LogP contribution in [0.25, 0.3) is 0 Å². The van der Waals surface area contributed by atoms with Crippen LogP contribution < -0.4 is 9.88 Å². The Hall–Kier alpha value is -0.920. The van der Waals surface area contributed by atoms with Crippen molar-refractivity contribution in [2.24, 2.45) is 5.14 Å². The molecule has 1 rings (SSSR count). The van der Waals surface area contributed by atoms with Gasteiger partial charge < -0.3 is 4.74 Å². The predicted octanol–water partition coefficient (Wildman–Crippen LogP) is -0.214. The molecule has 0 aliphatic carbocycles. The minimum Gasteiger partial charge on any atom is -0.467 e. The molecular weight excluding hydrogens is 218 g/mol. The summed E-state index contributed by atoms with van der Waals surface area (Å²) in [5.74, 6) is 0. The third kappa shape index (κ3) is 2.27. The summed E-state index contributed by atoms with van der Waals surface area (Å²) in [5.41, 5.74) is 0. The molecule has 72 valence electrons. The van der Waals surface area contributed by atoms with Crippen LogP contribution in [-0.4, -0.2) is 25.5 Å². The highest BCUT2D eigenvalue weighted by atomic mass is 35.5. The van der Waals surface area contributed by atoms with Crippen molar-refractivity contribution in [3.63, 3.8) is 0 Å². The lowest BCUT2D eigenvalue weighted by atomic mass is 10.7. The zero-order chi connectivity index (χ0) is 10.1. The lowest BCUT2D eigenvalue weighted by Crippen LogP contribution is -2.15. The van der Waals surface area contributed by atoms with Crippen LogP contribution in [0.1, 0.15) is 0 Å². The first-order valence-electron chi connectivity index (χ1n) is 3.04. The van der Waals surface area contributed by atoms with E-state index in [0.29, 0.717) is 0 Å². The number of methoxy groups -OCH3 is 1. The number of aromatic nitrogens is 2. The third-order valence-electron chi connectivity index (χ3n) is 1.14. The fraction of sp³-hybridized carbons (Fsp3) is 0.200. The monoisotopic (exact) mass is 223 g/mol. The summed E-state index contributed by atoms with van der Waals surface area (Å²) < 4.78 is 26.3. The van der Waals surface area contributed by atoms with Crippen LogP contribution in [0, 0.1) is 0 Å². The van der Waals surface area contributed by atoms with Crippen LogP contribution in [0.2, 0.25) is 5.02 Å². The molecule has 0 atom stereocenters. The number of nitrogens with zero attached hydrogens (tertiary/aromatic N) is 2. The Morgan fingerprint density at radius 2 is 2.23 bits per heavy atom. The highest BCUT2D eigenvalue weighted by Crippen LogP contribution is 2.18. The average molecular weight is 224 g/mol. The summed E-state index contributed by atoms with van der Waals surface area (Å²) in [6.45, 7) is 0. The van der Waals surface area contributed by atoms with E-state index in [4.69, 9.17) is 16.7 Å². The number of halogens is 1. The van der Waals surface area contributed by atoms with Gasteiger partial charge in [-0.05, 0) is 0 Å². The Labute approximate surface area is 79.8 Å². The molecule has 0 aliphatic heterocycles. The maximum atomic E-state index is 10.9. The largest absolute Gasteiger partial charge is 0.467 e. The molecule has 6 nitrogen and oxygen atoms in total. The highest BCUT2D eigenvalue weighted by Gasteiger charge is 2.16. The number of hydrogen-bond donors (Lipinski definition) is 1. The van der Waals surface area contributed by atoms with Crippen LogP contribution in [0.5, 0.6) is 6.01 Å². The van der Waals surface area contributed by atoms with Crippen molar-refractivity contribution in [1.29, 1.82) is 0 Å². The first-order chi connectivity index (χ1) is 5.95. The van der Waals surface area contributed by atoms with Gasteiger partial charge in [0.1, 0.15) is 0 Å². The van der Waals surface area contributed by atoms with E-state index < -0.39 is 15.0 Å². The van der Waals surface area contributed by atoms with Crippen molar-refractivity contribution in [2.75, 3.05) is 7.11 Å². The number of rotatable bonds is 2. The molecule has 2 N–H and O–H groups in total. The molecule has 1 aromatic rings. The van der Waals surface area contributed by atoms with Gasteiger partial charge in [-0.3, -0.25) is 0 Å². The molecule has 0 aromatic carbocycles. The van der Waals surface area contributed by atoms with E-state index in [1.54, 1.807) is 0 Å². The Morgan fingerprint density at radius 3 is 2.69 bits per heavy atom. The molecule has 0 amide bonds. The zero-order valence-electron chi connectivity index (χ0n) is 6.56. The van der Waals surface area contributed by atoms with Gasteiger partial charge in [-0.1, -0.05) is 11.6 Å². The second kappa shape index (κ2) is 3.44. The molecule has 0 fully saturated rings. The molecule has 0 spiro atoms. The molecule has 13 heavy (non-hydrogen) atoms. The van der Waals surface area contributed by atoms with Gasteiger partial charge in [0, 0.05) is 0 Å². The van der Waals surface area contributed by atoms with E-state index in [9.17, 15) is 8.42 Å². The van der Waals surface area contributed by atoms with Gasteiger partial charge >= 0.3 is 6.01 Å². The molecule has 0 unspecified atom stereocenters. The summed E-state index contributed by atoms with van der Waals surface area (Å²) in [6, 6.07) is -0.103. The molecule has 0 bridgehead atoms. The average Bonchev–Trinajstić information content (AvgIpc) is 2.03. The van der Waals surface area contributed by atoms with Crippen LogP contribution in [-0.2, 0) is 10.0 Å². The third-order valence-corrected chi connectivity index (χ3v) is 2.38. The smallest absolute Gasteiger partial charge is 0.317 e. The van der Waals surface area contributed by atoms with Gasteiger partial charge in [-0.2, -0.15) is 4.98 Å². The number of hydrogen-bond acceptors (Lipinski definition) is 5. The molecule has 0 saturated carbocycles. The van der Waals surface area contributed by atoms with Crippen LogP contribution in [0.15, 0.2) is 11.2 Å². The highest BCUT2D eigenvalue weighted by molar-refractivity contribution is 7.89. The normalized spacial score (nSPS) is 11.3. The van der Waals surface area contributed by atoms with E-state index in [1.807, 2.05) is 0 Å². The number of sulfonamides is 1. The number of ether oxygens (including phenoxy) is 1. The summed E-state index contributed by atoms with van der Waals surface area (Å²) in [4.78, 5) is 7.07. The van der Waals surface area contributed by atoms with Gasteiger partial charge in [-0.25, -0.2) is 18.5 Å². The zero-order valence-corrected chi connectivity index (χ0v) is 8.13. The Morgan fingerprint density at radius 1 is 1.62 bits per heavy atom. The fourth-order valence-corrected chi connectivity index (χ4v) is 1.58.